The van der Waals surface area contributed by atoms with Crippen molar-refractivity contribution in [3.8, 4) is 17.5 Å². The van der Waals surface area contributed by atoms with E-state index in [2.05, 4.69) is 21.0 Å². The summed E-state index contributed by atoms with van der Waals surface area (Å²) in [4.78, 5) is 7.92. The highest BCUT2D eigenvalue weighted by Gasteiger charge is 2.19. The number of rotatable bonds is 1. The Balaban J connectivity index is 2.43. The molecule has 0 aliphatic carbocycles. The molecule has 0 fully saturated rings. The molecule has 5 heteroatoms. The molecule has 5 nitrogen and oxygen atoms in total. The topological polar surface area (TPSA) is 58.3 Å². The van der Waals surface area contributed by atoms with Gasteiger partial charge in [-0.25, -0.2) is 14.3 Å². The van der Waals surface area contributed by atoms with Crippen molar-refractivity contribution in [1.29, 1.82) is 5.26 Å². The highest BCUT2D eigenvalue weighted by Crippen LogP contribution is 2.23. The third kappa shape index (κ3) is 1.84. The van der Waals surface area contributed by atoms with E-state index in [9.17, 15) is 5.26 Å². The number of nitrogens with zero attached hydrogens (tertiary/aromatic N) is 5. The number of hydrogen-bond donors (Lipinski definition) is 0. The van der Waals surface area contributed by atoms with Crippen LogP contribution in [-0.4, -0.2) is 14.6 Å². The molecule has 3 rings (SSSR count). The molecule has 0 aliphatic rings. The minimum absolute atomic E-state index is 0.288. The monoisotopic (exact) mass is 273 g/mol. The SMILES string of the molecule is [C-]#[N+]c1c(C#N)c2nc(-c3ccccc3)nn2c1=C(C)C. The van der Waals surface area contributed by atoms with E-state index in [-0.39, 0.29) is 5.56 Å². The van der Waals surface area contributed by atoms with E-state index in [1.165, 1.54) is 0 Å². The van der Waals surface area contributed by atoms with Crippen LogP contribution in [0.1, 0.15) is 19.4 Å². The van der Waals surface area contributed by atoms with Crippen molar-refractivity contribution in [3.05, 3.63) is 52.7 Å². The summed E-state index contributed by atoms with van der Waals surface area (Å²) in [7, 11) is 0. The predicted octanol–water partition coefficient (Wildman–Crippen LogP) is 2.73. The Morgan fingerprint density at radius 3 is 2.57 bits per heavy atom. The van der Waals surface area contributed by atoms with Crippen LogP contribution < -0.4 is 5.35 Å². The summed E-state index contributed by atoms with van der Waals surface area (Å²) in [5.74, 6) is 0.557. The van der Waals surface area contributed by atoms with Gasteiger partial charge in [0.25, 0.3) is 0 Å². The Kier molecular flexibility index (Phi) is 2.89. The summed E-state index contributed by atoms with van der Waals surface area (Å²) in [6.45, 7) is 11.1. The van der Waals surface area contributed by atoms with Gasteiger partial charge in [-0.15, -0.1) is 5.10 Å². The Bertz CT molecular complexity index is 964. The molecular formula is C16H11N5. The largest absolute Gasteiger partial charge is 0.234 e. The first kappa shape index (κ1) is 12.8. The normalized spacial score (nSPS) is 10.3. The predicted molar refractivity (Wildman–Crippen MR) is 79.4 cm³/mol. The second kappa shape index (κ2) is 4.73. The van der Waals surface area contributed by atoms with Gasteiger partial charge in [-0.3, -0.25) is 0 Å². The van der Waals surface area contributed by atoms with Crippen LogP contribution in [0.15, 0.2) is 30.3 Å². The fourth-order valence-electron chi connectivity index (χ4n) is 2.32. The molecule has 0 amide bonds. The second-order valence-corrected chi connectivity index (χ2v) is 4.83. The first-order valence-electron chi connectivity index (χ1n) is 6.40. The summed E-state index contributed by atoms with van der Waals surface area (Å²) in [5, 5.41) is 14.5. The van der Waals surface area contributed by atoms with Gasteiger partial charge in [-0.05, 0) is 13.8 Å². The summed E-state index contributed by atoms with van der Waals surface area (Å²) in [5.41, 5.74) is 2.87. The summed E-state index contributed by atoms with van der Waals surface area (Å²) >= 11 is 0. The molecule has 0 bridgehead atoms. The van der Waals surface area contributed by atoms with Crippen molar-refractivity contribution in [2.75, 3.05) is 0 Å². The number of benzene rings is 1. The van der Waals surface area contributed by atoms with Crippen molar-refractivity contribution in [1.82, 2.24) is 14.6 Å². The molecule has 2 aromatic heterocycles. The number of hydrogen-bond acceptors (Lipinski definition) is 3. The van der Waals surface area contributed by atoms with Crippen LogP contribution in [0.25, 0.3) is 27.5 Å². The lowest BCUT2D eigenvalue weighted by molar-refractivity contribution is 0.943. The molecule has 0 atom stereocenters. The van der Waals surface area contributed by atoms with Crippen molar-refractivity contribution in [2.24, 2.45) is 0 Å². The Hall–Kier alpha value is -3.18. The average molecular weight is 273 g/mol. The van der Waals surface area contributed by atoms with Gasteiger partial charge < -0.3 is 0 Å². The van der Waals surface area contributed by atoms with Gasteiger partial charge >= 0.3 is 0 Å². The maximum atomic E-state index is 9.34. The zero-order chi connectivity index (χ0) is 15.0. The van der Waals surface area contributed by atoms with Crippen molar-refractivity contribution < 1.29 is 0 Å². The molecule has 0 radical (unpaired) electrons. The quantitative estimate of drug-likeness (QED) is 0.640. The highest BCUT2D eigenvalue weighted by molar-refractivity contribution is 5.76. The van der Waals surface area contributed by atoms with E-state index >= 15 is 0 Å². The van der Waals surface area contributed by atoms with Gasteiger partial charge in [0.2, 0.25) is 5.69 Å². The molecular weight excluding hydrogens is 262 g/mol. The Labute approximate surface area is 121 Å². The van der Waals surface area contributed by atoms with Gasteiger partial charge in [0, 0.05) is 5.56 Å². The maximum Gasteiger partial charge on any atom is 0.233 e. The van der Waals surface area contributed by atoms with Gasteiger partial charge in [-0.1, -0.05) is 35.9 Å². The van der Waals surface area contributed by atoms with Crippen LogP contribution in [0.3, 0.4) is 0 Å². The number of nitriles is 1. The maximum absolute atomic E-state index is 9.34. The molecule has 0 aliphatic heterocycles. The minimum Gasteiger partial charge on any atom is -0.234 e. The fraction of sp³-hybridized carbons (Fsp3) is 0.125. The fourth-order valence-corrected chi connectivity index (χ4v) is 2.32. The minimum atomic E-state index is 0.288. The van der Waals surface area contributed by atoms with E-state index in [0.29, 0.717) is 22.5 Å². The van der Waals surface area contributed by atoms with Crippen molar-refractivity contribution in [2.45, 2.75) is 13.8 Å². The van der Waals surface area contributed by atoms with E-state index in [4.69, 9.17) is 6.57 Å². The zero-order valence-corrected chi connectivity index (χ0v) is 11.6. The summed E-state index contributed by atoms with van der Waals surface area (Å²) in [6.07, 6.45) is 0. The first-order chi connectivity index (χ1) is 10.2. The first-order valence-corrected chi connectivity index (χ1v) is 6.40. The lowest BCUT2D eigenvalue weighted by Crippen LogP contribution is -2.11. The van der Waals surface area contributed by atoms with Gasteiger partial charge in [0.1, 0.15) is 5.56 Å². The molecule has 3 aromatic rings. The molecule has 2 heterocycles. The van der Waals surface area contributed by atoms with E-state index in [0.717, 1.165) is 11.1 Å². The zero-order valence-electron chi connectivity index (χ0n) is 11.6. The molecule has 21 heavy (non-hydrogen) atoms. The Morgan fingerprint density at radius 1 is 1.29 bits per heavy atom. The smallest absolute Gasteiger partial charge is 0.233 e. The number of aromatic nitrogens is 3. The van der Waals surface area contributed by atoms with Crippen LogP contribution in [-0.2, 0) is 0 Å². The summed E-state index contributed by atoms with van der Waals surface area (Å²) < 4.78 is 1.60. The molecule has 1 aromatic carbocycles. The molecule has 0 unspecified atom stereocenters. The Morgan fingerprint density at radius 2 is 2.00 bits per heavy atom. The molecule has 0 saturated heterocycles. The van der Waals surface area contributed by atoms with Crippen LogP contribution in [0.4, 0.5) is 5.69 Å². The van der Waals surface area contributed by atoms with E-state index < -0.39 is 0 Å². The van der Waals surface area contributed by atoms with Gasteiger partial charge in [-0.2, -0.15) is 5.26 Å². The second-order valence-electron chi connectivity index (χ2n) is 4.83. The van der Waals surface area contributed by atoms with Gasteiger partial charge in [0.05, 0.1) is 18.0 Å². The average Bonchev–Trinajstić information content (AvgIpc) is 3.03. The standard InChI is InChI=1S/C16H11N5/c1-10(2)14-13(18-3)12(9-17)16-19-15(20-21(14)16)11-7-5-4-6-8-11/h4-8H,1-2H3. The summed E-state index contributed by atoms with van der Waals surface area (Å²) in [6, 6.07) is 11.7. The lowest BCUT2D eigenvalue weighted by Gasteiger charge is -1.93. The highest BCUT2D eigenvalue weighted by atomic mass is 15.3. The molecule has 0 N–H and O–H groups in total. The lowest BCUT2D eigenvalue weighted by atomic mass is 10.2. The van der Waals surface area contributed by atoms with Gasteiger partial charge in [0.15, 0.2) is 11.5 Å². The number of fused-ring (bicyclic) bond motifs is 1. The van der Waals surface area contributed by atoms with Crippen LogP contribution >= 0.6 is 0 Å². The van der Waals surface area contributed by atoms with Crippen LogP contribution in [0.2, 0.25) is 0 Å². The van der Waals surface area contributed by atoms with Crippen molar-refractivity contribution in [3.63, 3.8) is 0 Å². The third-order valence-corrected chi connectivity index (χ3v) is 3.23. The van der Waals surface area contributed by atoms with Crippen LogP contribution in [0, 0.1) is 17.9 Å². The van der Waals surface area contributed by atoms with E-state index in [1.807, 2.05) is 44.2 Å². The molecule has 0 spiro atoms. The molecule has 100 valence electrons. The molecule has 0 saturated carbocycles. The van der Waals surface area contributed by atoms with Crippen molar-refractivity contribution >= 4 is 16.9 Å². The van der Waals surface area contributed by atoms with Crippen LogP contribution in [0.5, 0.6) is 0 Å². The third-order valence-electron chi connectivity index (χ3n) is 3.23. The van der Waals surface area contributed by atoms with E-state index in [1.54, 1.807) is 4.52 Å².